The summed E-state index contributed by atoms with van der Waals surface area (Å²) >= 11 is 1.52. The highest BCUT2D eigenvalue weighted by atomic mass is 32.1. The Hall–Kier alpha value is -1.89. The van der Waals surface area contributed by atoms with Crippen LogP contribution in [0.3, 0.4) is 0 Å². The minimum Gasteiger partial charge on any atom is -0.481 e. The summed E-state index contributed by atoms with van der Waals surface area (Å²) in [6.07, 6.45) is 3.99. The van der Waals surface area contributed by atoms with Crippen molar-refractivity contribution in [2.75, 3.05) is 6.54 Å². The summed E-state index contributed by atoms with van der Waals surface area (Å²) in [6, 6.07) is 0. The van der Waals surface area contributed by atoms with Gasteiger partial charge >= 0.3 is 5.97 Å². The van der Waals surface area contributed by atoms with Gasteiger partial charge < -0.3 is 10.4 Å². The van der Waals surface area contributed by atoms with Gasteiger partial charge in [0.25, 0.3) is 0 Å². The maximum absolute atomic E-state index is 11.7. The molecule has 1 amide bonds. The first-order valence-corrected chi connectivity index (χ1v) is 6.82. The first-order valence-electron chi connectivity index (χ1n) is 5.94. The number of thiazole rings is 1. The molecule has 0 aliphatic rings. The SMILES string of the molecule is CC(CNC(=O)Cc1cn2ccsc2n1)CC(=O)O. The van der Waals surface area contributed by atoms with Crippen LogP contribution in [-0.4, -0.2) is 32.9 Å². The van der Waals surface area contributed by atoms with E-state index in [2.05, 4.69) is 10.3 Å². The zero-order valence-corrected chi connectivity index (χ0v) is 11.3. The van der Waals surface area contributed by atoms with Gasteiger partial charge in [-0.05, 0) is 5.92 Å². The molecule has 0 fully saturated rings. The van der Waals surface area contributed by atoms with Crippen LogP contribution in [0.1, 0.15) is 19.0 Å². The van der Waals surface area contributed by atoms with Gasteiger partial charge in [0.2, 0.25) is 5.91 Å². The van der Waals surface area contributed by atoms with Gasteiger partial charge in [-0.3, -0.25) is 14.0 Å². The van der Waals surface area contributed by atoms with Crippen molar-refractivity contribution in [3.05, 3.63) is 23.5 Å². The number of carbonyl (C=O) groups is 2. The van der Waals surface area contributed by atoms with Crippen molar-refractivity contribution in [3.63, 3.8) is 0 Å². The second-order valence-electron chi connectivity index (χ2n) is 4.51. The Morgan fingerprint density at radius 1 is 1.58 bits per heavy atom. The van der Waals surface area contributed by atoms with Crippen molar-refractivity contribution in [3.8, 4) is 0 Å². The molecule has 6 nitrogen and oxygen atoms in total. The molecule has 0 saturated heterocycles. The number of aromatic nitrogens is 2. The minimum absolute atomic E-state index is 0.0560. The first-order chi connectivity index (χ1) is 9.04. The predicted molar refractivity (Wildman–Crippen MR) is 71.2 cm³/mol. The van der Waals surface area contributed by atoms with E-state index in [9.17, 15) is 9.59 Å². The summed E-state index contributed by atoms with van der Waals surface area (Å²) in [5, 5.41) is 13.3. The van der Waals surface area contributed by atoms with E-state index in [4.69, 9.17) is 5.11 Å². The number of carbonyl (C=O) groups excluding carboxylic acids is 1. The molecule has 0 aliphatic carbocycles. The lowest BCUT2D eigenvalue weighted by molar-refractivity contribution is -0.138. The number of rotatable bonds is 6. The lowest BCUT2D eigenvalue weighted by Crippen LogP contribution is -2.30. The Bertz CT molecular complexity index is 561. The highest BCUT2D eigenvalue weighted by Gasteiger charge is 2.11. The Morgan fingerprint density at radius 2 is 2.37 bits per heavy atom. The summed E-state index contributed by atoms with van der Waals surface area (Å²) in [5.41, 5.74) is 0.718. The second-order valence-corrected chi connectivity index (χ2v) is 5.38. The van der Waals surface area contributed by atoms with E-state index >= 15 is 0 Å². The van der Waals surface area contributed by atoms with Crippen LogP contribution in [0.25, 0.3) is 4.96 Å². The third-order valence-corrected chi connectivity index (χ3v) is 3.43. The number of imidazole rings is 1. The van der Waals surface area contributed by atoms with Crippen molar-refractivity contribution >= 4 is 28.2 Å². The zero-order valence-electron chi connectivity index (χ0n) is 10.5. The highest BCUT2D eigenvalue weighted by molar-refractivity contribution is 7.15. The van der Waals surface area contributed by atoms with Gasteiger partial charge in [0, 0.05) is 30.7 Å². The van der Waals surface area contributed by atoms with Crippen LogP contribution < -0.4 is 5.32 Å². The Morgan fingerprint density at radius 3 is 3.05 bits per heavy atom. The second kappa shape index (κ2) is 5.83. The summed E-state index contributed by atoms with van der Waals surface area (Å²) in [7, 11) is 0. The third-order valence-electron chi connectivity index (χ3n) is 2.66. The van der Waals surface area contributed by atoms with Crippen molar-refractivity contribution in [2.45, 2.75) is 19.8 Å². The van der Waals surface area contributed by atoms with Crippen LogP contribution in [-0.2, 0) is 16.0 Å². The van der Waals surface area contributed by atoms with Gasteiger partial charge in [-0.15, -0.1) is 11.3 Å². The molecule has 0 aliphatic heterocycles. The molecule has 1 atom stereocenters. The van der Waals surface area contributed by atoms with Crippen molar-refractivity contribution in [2.24, 2.45) is 5.92 Å². The average Bonchev–Trinajstić information content (AvgIpc) is 2.85. The number of carboxylic acid groups (broad SMARTS) is 1. The number of aliphatic carboxylic acids is 1. The topological polar surface area (TPSA) is 83.7 Å². The standard InChI is InChI=1S/C12H15N3O3S/c1-8(4-11(17)18)6-13-10(16)5-9-7-15-2-3-19-12(15)14-9/h2-3,7-8H,4-6H2,1H3,(H,13,16)(H,17,18). The van der Waals surface area contributed by atoms with Gasteiger partial charge in [-0.2, -0.15) is 0 Å². The van der Waals surface area contributed by atoms with E-state index < -0.39 is 5.97 Å². The van der Waals surface area contributed by atoms with E-state index in [-0.39, 0.29) is 24.7 Å². The summed E-state index contributed by atoms with van der Waals surface area (Å²) in [4.78, 5) is 27.4. The van der Waals surface area contributed by atoms with Gasteiger partial charge in [0.05, 0.1) is 12.1 Å². The monoisotopic (exact) mass is 281 g/mol. The number of nitrogens with zero attached hydrogens (tertiary/aromatic N) is 2. The van der Waals surface area contributed by atoms with Gasteiger partial charge in [-0.25, -0.2) is 4.98 Å². The molecule has 2 aromatic rings. The Balaban J connectivity index is 1.81. The number of nitrogens with one attached hydrogen (secondary N) is 1. The van der Waals surface area contributed by atoms with E-state index in [1.54, 1.807) is 6.92 Å². The van der Waals surface area contributed by atoms with Crippen LogP contribution in [0.2, 0.25) is 0 Å². The van der Waals surface area contributed by atoms with Crippen molar-refractivity contribution in [1.29, 1.82) is 0 Å². The molecule has 1 unspecified atom stereocenters. The van der Waals surface area contributed by atoms with Crippen LogP contribution >= 0.6 is 11.3 Å². The van der Waals surface area contributed by atoms with E-state index in [0.717, 1.165) is 10.7 Å². The van der Waals surface area contributed by atoms with E-state index in [1.165, 1.54) is 11.3 Å². The fourth-order valence-corrected chi connectivity index (χ4v) is 2.47. The largest absolute Gasteiger partial charge is 0.481 e. The normalized spacial score (nSPS) is 12.5. The van der Waals surface area contributed by atoms with Gasteiger partial charge in [0.15, 0.2) is 4.96 Å². The fourth-order valence-electron chi connectivity index (χ4n) is 1.75. The summed E-state index contributed by atoms with van der Waals surface area (Å²) in [5.74, 6) is -1.06. The number of carboxylic acids is 1. The smallest absolute Gasteiger partial charge is 0.303 e. The Kier molecular flexibility index (Phi) is 4.16. The maximum atomic E-state index is 11.7. The molecule has 102 valence electrons. The van der Waals surface area contributed by atoms with E-state index in [0.29, 0.717) is 6.54 Å². The number of fused-ring (bicyclic) bond motifs is 1. The van der Waals surface area contributed by atoms with Crippen molar-refractivity contribution in [1.82, 2.24) is 14.7 Å². The minimum atomic E-state index is -0.851. The number of hydrogen-bond donors (Lipinski definition) is 2. The van der Waals surface area contributed by atoms with Crippen LogP contribution in [0, 0.1) is 5.92 Å². The predicted octanol–water partition coefficient (Wildman–Crippen LogP) is 1.17. The number of amides is 1. The summed E-state index contributed by atoms with van der Waals surface area (Å²) < 4.78 is 1.88. The van der Waals surface area contributed by atoms with Gasteiger partial charge in [0.1, 0.15) is 0 Å². The molecule has 0 saturated carbocycles. The fraction of sp³-hybridized carbons (Fsp3) is 0.417. The zero-order chi connectivity index (χ0) is 13.8. The molecule has 2 heterocycles. The quantitative estimate of drug-likeness (QED) is 0.832. The lowest BCUT2D eigenvalue weighted by atomic mass is 10.1. The molecule has 0 bridgehead atoms. The van der Waals surface area contributed by atoms with Gasteiger partial charge in [-0.1, -0.05) is 6.92 Å². The van der Waals surface area contributed by atoms with Crippen LogP contribution in [0.4, 0.5) is 0 Å². The molecular weight excluding hydrogens is 266 g/mol. The molecule has 7 heteroatoms. The first kappa shape index (κ1) is 13.5. The average molecular weight is 281 g/mol. The molecule has 2 aromatic heterocycles. The molecule has 0 spiro atoms. The molecule has 0 aromatic carbocycles. The molecule has 2 rings (SSSR count). The summed E-state index contributed by atoms with van der Waals surface area (Å²) in [6.45, 7) is 2.16. The molecule has 2 N–H and O–H groups in total. The lowest BCUT2D eigenvalue weighted by Gasteiger charge is -2.09. The van der Waals surface area contributed by atoms with Crippen LogP contribution in [0.5, 0.6) is 0 Å². The van der Waals surface area contributed by atoms with Crippen LogP contribution in [0.15, 0.2) is 17.8 Å². The van der Waals surface area contributed by atoms with E-state index in [1.807, 2.05) is 22.2 Å². The Labute approximate surface area is 114 Å². The highest BCUT2D eigenvalue weighted by Crippen LogP contribution is 2.11. The molecule has 19 heavy (non-hydrogen) atoms. The molecule has 0 radical (unpaired) electrons. The molecular formula is C12H15N3O3S. The maximum Gasteiger partial charge on any atom is 0.303 e. The third kappa shape index (κ3) is 3.78. The number of hydrogen-bond acceptors (Lipinski definition) is 4. The van der Waals surface area contributed by atoms with Crippen molar-refractivity contribution < 1.29 is 14.7 Å².